The van der Waals surface area contributed by atoms with Crippen molar-refractivity contribution in [3.63, 3.8) is 0 Å². The summed E-state index contributed by atoms with van der Waals surface area (Å²) in [6.45, 7) is 6.67. The van der Waals surface area contributed by atoms with Crippen LogP contribution in [0.1, 0.15) is 36.1 Å². The molecule has 2 N–H and O–H groups in total. The Bertz CT molecular complexity index is 922. The smallest absolute Gasteiger partial charge is 0.275 e. The van der Waals surface area contributed by atoms with Crippen LogP contribution < -0.4 is 10.2 Å². The molecule has 6 nitrogen and oxygen atoms in total. The fourth-order valence-electron chi connectivity index (χ4n) is 3.83. The molecular weight excluding hydrogens is 398 g/mol. The van der Waals surface area contributed by atoms with Crippen molar-refractivity contribution in [1.29, 1.82) is 0 Å². The van der Waals surface area contributed by atoms with E-state index in [0.717, 1.165) is 22.4 Å². The van der Waals surface area contributed by atoms with Gasteiger partial charge >= 0.3 is 0 Å². The van der Waals surface area contributed by atoms with Gasteiger partial charge in [-0.15, -0.1) is 0 Å². The van der Waals surface area contributed by atoms with Gasteiger partial charge in [0.25, 0.3) is 5.91 Å². The molecule has 0 radical (unpaired) electrons. The summed E-state index contributed by atoms with van der Waals surface area (Å²) in [5, 5.41) is 3.13. The second-order valence-corrected chi connectivity index (χ2v) is 9.98. The summed E-state index contributed by atoms with van der Waals surface area (Å²) in [4.78, 5) is 13.7. The lowest BCUT2D eigenvalue weighted by Gasteiger charge is -2.31. The molecule has 1 heterocycles. The number of sulfonamides is 1. The number of piperazine rings is 1. The highest BCUT2D eigenvalue weighted by atomic mass is 32.2. The van der Waals surface area contributed by atoms with E-state index in [1.54, 1.807) is 4.31 Å². The number of hydrogen-bond donors (Lipinski definition) is 2. The van der Waals surface area contributed by atoms with Crippen molar-refractivity contribution in [3.8, 4) is 0 Å². The van der Waals surface area contributed by atoms with E-state index in [4.69, 9.17) is 0 Å². The van der Waals surface area contributed by atoms with Crippen molar-refractivity contribution in [2.75, 3.05) is 32.7 Å². The highest BCUT2D eigenvalue weighted by molar-refractivity contribution is 7.88. The molecule has 0 aromatic heterocycles. The van der Waals surface area contributed by atoms with Crippen LogP contribution in [-0.2, 0) is 20.6 Å². The summed E-state index contributed by atoms with van der Waals surface area (Å²) in [7, 11) is -3.33. The van der Waals surface area contributed by atoms with Gasteiger partial charge < -0.3 is 10.2 Å². The lowest BCUT2D eigenvalue weighted by atomic mass is 10.0. The predicted molar refractivity (Wildman–Crippen MR) is 119 cm³/mol. The maximum absolute atomic E-state index is 12.7. The molecule has 0 spiro atoms. The summed E-state index contributed by atoms with van der Waals surface area (Å²) in [5.41, 5.74) is 3.11. The second kappa shape index (κ2) is 10.2. The lowest BCUT2D eigenvalue weighted by molar-refractivity contribution is -0.895. The van der Waals surface area contributed by atoms with Crippen LogP contribution in [-0.4, -0.2) is 51.4 Å². The van der Waals surface area contributed by atoms with Crippen molar-refractivity contribution in [3.05, 3.63) is 71.3 Å². The van der Waals surface area contributed by atoms with Gasteiger partial charge in [0.2, 0.25) is 10.0 Å². The molecule has 0 unspecified atom stereocenters. The SMILES string of the molecule is CC[C@@H](NC(=O)C[NH+]1CCN(S(=O)(=O)Cc2ccccc2)CC1)c1ccc(C)cc1. The minimum absolute atomic E-state index is 0.00467. The minimum atomic E-state index is -3.33. The molecule has 0 aliphatic carbocycles. The Hall–Kier alpha value is -2.22. The molecule has 1 fully saturated rings. The second-order valence-electron chi connectivity index (χ2n) is 8.01. The standard InChI is InChI=1S/C23H31N3O3S/c1-3-22(21-11-9-19(2)10-12-21)24-23(27)17-25-13-15-26(16-14-25)30(28,29)18-20-7-5-4-6-8-20/h4-12,22H,3,13-18H2,1-2H3,(H,24,27)/p+1/t22-/m1/s1. The summed E-state index contributed by atoms with van der Waals surface area (Å²) in [5.74, 6) is 0.0382. The fraction of sp³-hybridized carbons (Fsp3) is 0.435. The maximum atomic E-state index is 12.7. The van der Waals surface area contributed by atoms with Crippen LogP contribution in [0, 0.1) is 6.92 Å². The van der Waals surface area contributed by atoms with E-state index in [-0.39, 0.29) is 17.7 Å². The third-order valence-corrected chi connectivity index (χ3v) is 7.50. The van der Waals surface area contributed by atoms with E-state index in [1.807, 2.05) is 37.3 Å². The van der Waals surface area contributed by atoms with Crippen LogP contribution in [0.2, 0.25) is 0 Å². The number of nitrogens with one attached hydrogen (secondary N) is 2. The van der Waals surface area contributed by atoms with Crippen LogP contribution in [0.15, 0.2) is 54.6 Å². The van der Waals surface area contributed by atoms with Gasteiger partial charge in [-0.05, 0) is 24.5 Å². The Morgan fingerprint density at radius 1 is 1.07 bits per heavy atom. The van der Waals surface area contributed by atoms with Crippen molar-refractivity contribution in [2.24, 2.45) is 0 Å². The Morgan fingerprint density at radius 3 is 2.30 bits per heavy atom. The minimum Gasteiger partial charge on any atom is -0.344 e. The molecule has 3 rings (SSSR count). The number of benzene rings is 2. The molecule has 1 amide bonds. The zero-order chi connectivity index (χ0) is 21.6. The van der Waals surface area contributed by atoms with Gasteiger partial charge in [0.05, 0.1) is 38.0 Å². The van der Waals surface area contributed by atoms with Gasteiger partial charge in [-0.2, -0.15) is 4.31 Å². The first-order valence-corrected chi connectivity index (χ1v) is 12.2. The Kier molecular flexibility index (Phi) is 7.64. The van der Waals surface area contributed by atoms with Crippen molar-refractivity contribution in [1.82, 2.24) is 9.62 Å². The van der Waals surface area contributed by atoms with Gasteiger partial charge in [-0.25, -0.2) is 8.42 Å². The van der Waals surface area contributed by atoms with Crippen LogP contribution in [0.25, 0.3) is 0 Å². The van der Waals surface area contributed by atoms with E-state index in [2.05, 4.69) is 36.5 Å². The van der Waals surface area contributed by atoms with Crippen molar-refractivity contribution >= 4 is 15.9 Å². The zero-order valence-electron chi connectivity index (χ0n) is 17.8. The maximum Gasteiger partial charge on any atom is 0.275 e. The summed E-state index contributed by atoms with van der Waals surface area (Å²) < 4.78 is 26.9. The monoisotopic (exact) mass is 430 g/mol. The molecule has 162 valence electrons. The molecule has 1 saturated heterocycles. The number of quaternary nitrogens is 1. The van der Waals surface area contributed by atoms with Crippen LogP contribution in [0.3, 0.4) is 0 Å². The first-order chi connectivity index (χ1) is 14.4. The molecule has 30 heavy (non-hydrogen) atoms. The number of hydrogen-bond acceptors (Lipinski definition) is 3. The number of carbonyl (C=O) groups excluding carboxylic acids is 1. The number of nitrogens with zero attached hydrogens (tertiary/aromatic N) is 1. The largest absolute Gasteiger partial charge is 0.344 e. The average molecular weight is 431 g/mol. The van der Waals surface area contributed by atoms with Crippen molar-refractivity contribution < 1.29 is 18.1 Å². The van der Waals surface area contributed by atoms with E-state index in [0.29, 0.717) is 32.7 Å². The molecule has 1 atom stereocenters. The third-order valence-electron chi connectivity index (χ3n) is 5.65. The van der Waals surface area contributed by atoms with Gasteiger partial charge in [0, 0.05) is 0 Å². The molecule has 2 aromatic rings. The Balaban J connectivity index is 1.49. The van der Waals surface area contributed by atoms with Gasteiger partial charge in [-0.1, -0.05) is 67.1 Å². The quantitative estimate of drug-likeness (QED) is 0.663. The Labute approximate surface area is 179 Å². The molecule has 1 aliphatic heterocycles. The highest BCUT2D eigenvalue weighted by Crippen LogP contribution is 2.17. The molecule has 7 heteroatoms. The number of carbonyl (C=O) groups is 1. The molecule has 1 aliphatic rings. The molecule has 0 bridgehead atoms. The fourth-order valence-corrected chi connectivity index (χ4v) is 5.36. The van der Waals surface area contributed by atoms with Gasteiger partial charge in [-0.3, -0.25) is 4.79 Å². The van der Waals surface area contributed by atoms with Crippen LogP contribution in [0.4, 0.5) is 0 Å². The van der Waals surface area contributed by atoms with Crippen LogP contribution in [0.5, 0.6) is 0 Å². The summed E-state index contributed by atoms with van der Waals surface area (Å²) in [6.07, 6.45) is 0.829. The normalized spacial score (nSPS) is 16.9. The molecule has 0 saturated carbocycles. The van der Waals surface area contributed by atoms with E-state index in [9.17, 15) is 13.2 Å². The molecule has 2 aromatic carbocycles. The topological polar surface area (TPSA) is 70.9 Å². The summed E-state index contributed by atoms with van der Waals surface area (Å²) >= 11 is 0. The van der Waals surface area contributed by atoms with Crippen molar-refractivity contribution in [2.45, 2.75) is 32.1 Å². The number of aryl methyl sites for hydroxylation is 1. The third kappa shape index (κ3) is 6.14. The average Bonchev–Trinajstić information content (AvgIpc) is 2.73. The highest BCUT2D eigenvalue weighted by Gasteiger charge is 2.30. The molecular formula is C23H32N3O3S+. The number of rotatable bonds is 8. The van der Waals surface area contributed by atoms with Crippen LogP contribution >= 0.6 is 0 Å². The Morgan fingerprint density at radius 2 is 1.70 bits per heavy atom. The first-order valence-electron chi connectivity index (χ1n) is 10.6. The summed E-state index contributed by atoms with van der Waals surface area (Å²) in [6, 6.07) is 17.5. The van der Waals surface area contributed by atoms with Gasteiger partial charge in [0.1, 0.15) is 0 Å². The number of amides is 1. The lowest BCUT2D eigenvalue weighted by Crippen LogP contribution is -3.15. The first kappa shape index (κ1) is 22.5. The van der Waals surface area contributed by atoms with Gasteiger partial charge in [0.15, 0.2) is 6.54 Å². The zero-order valence-corrected chi connectivity index (χ0v) is 18.6. The van der Waals surface area contributed by atoms with E-state index < -0.39 is 10.0 Å². The van der Waals surface area contributed by atoms with E-state index in [1.165, 1.54) is 5.56 Å². The predicted octanol–water partition coefficient (Wildman–Crippen LogP) is 1.29. The van der Waals surface area contributed by atoms with E-state index >= 15 is 0 Å².